The van der Waals surface area contributed by atoms with Gasteiger partial charge in [0.05, 0.1) is 11.1 Å². The highest BCUT2D eigenvalue weighted by atomic mass is 16.1. The lowest BCUT2D eigenvalue weighted by Crippen LogP contribution is -2.21. The predicted octanol–water partition coefficient (Wildman–Crippen LogP) is 4.88. The van der Waals surface area contributed by atoms with Gasteiger partial charge in [-0.3, -0.25) is 9.59 Å². The van der Waals surface area contributed by atoms with Gasteiger partial charge in [0.1, 0.15) is 0 Å². The number of benzene rings is 2. The van der Waals surface area contributed by atoms with Crippen molar-refractivity contribution in [2.75, 3.05) is 5.32 Å². The Morgan fingerprint density at radius 3 is 2.67 bits per heavy atom. The zero-order valence-corrected chi connectivity index (χ0v) is 17.7. The van der Waals surface area contributed by atoms with Crippen molar-refractivity contribution in [2.24, 2.45) is 11.1 Å². The summed E-state index contributed by atoms with van der Waals surface area (Å²) in [7, 11) is 0. The van der Waals surface area contributed by atoms with E-state index in [1.54, 1.807) is 6.07 Å². The summed E-state index contributed by atoms with van der Waals surface area (Å²) in [6, 6.07) is 9.62. The number of primary amides is 1. The lowest BCUT2D eigenvalue weighted by Gasteiger charge is -2.29. The van der Waals surface area contributed by atoms with Crippen LogP contribution in [0.15, 0.2) is 43.0 Å². The number of nitrogens with one attached hydrogen (secondary N) is 2. The summed E-state index contributed by atoms with van der Waals surface area (Å²) in [6.45, 7) is 10.1. The smallest absolute Gasteiger partial charge is 0.250 e. The predicted molar refractivity (Wildman–Crippen MR) is 122 cm³/mol. The zero-order valence-electron chi connectivity index (χ0n) is 17.7. The number of nitrogens with two attached hydrogens (primary N) is 1. The summed E-state index contributed by atoms with van der Waals surface area (Å²) in [6.07, 6.45) is 4.23. The molecule has 0 aliphatic heterocycles. The number of H-pyrrole nitrogens is 1. The Labute approximate surface area is 176 Å². The number of carbonyl (C=O) groups is 2. The van der Waals surface area contributed by atoms with Crippen molar-refractivity contribution in [3.05, 3.63) is 65.4 Å². The van der Waals surface area contributed by atoms with Gasteiger partial charge in [0.25, 0.3) is 5.91 Å². The molecule has 3 aromatic rings. The molecule has 0 bridgehead atoms. The molecule has 0 unspecified atom stereocenters. The van der Waals surface area contributed by atoms with Crippen molar-refractivity contribution in [1.29, 1.82) is 0 Å². The minimum atomic E-state index is -0.437. The van der Waals surface area contributed by atoms with Crippen LogP contribution in [0.2, 0.25) is 0 Å². The molecule has 30 heavy (non-hydrogen) atoms. The topological polar surface area (TPSA) is 88.0 Å². The molecule has 1 heterocycles. The van der Waals surface area contributed by atoms with Crippen molar-refractivity contribution in [2.45, 2.75) is 40.0 Å². The average Bonchev–Trinajstić information content (AvgIpc) is 3.05. The van der Waals surface area contributed by atoms with Crippen LogP contribution in [0.1, 0.15) is 47.4 Å². The van der Waals surface area contributed by atoms with Crippen molar-refractivity contribution in [3.8, 4) is 11.1 Å². The van der Waals surface area contributed by atoms with Crippen LogP contribution in [0, 0.1) is 12.3 Å². The summed E-state index contributed by atoms with van der Waals surface area (Å²) in [5.41, 5.74) is 13.4. The van der Waals surface area contributed by atoms with Crippen LogP contribution in [0.3, 0.4) is 0 Å². The lowest BCUT2D eigenvalue weighted by atomic mass is 9.76. The molecule has 5 heteroatoms. The van der Waals surface area contributed by atoms with E-state index in [9.17, 15) is 9.59 Å². The quantitative estimate of drug-likeness (QED) is 0.544. The van der Waals surface area contributed by atoms with Gasteiger partial charge in [-0.15, -0.1) is 0 Å². The Kier molecular flexibility index (Phi) is 4.77. The molecule has 0 saturated heterocycles. The fraction of sp³-hybridized carbons (Fsp3) is 0.280. The maximum atomic E-state index is 12.1. The first-order valence-electron chi connectivity index (χ1n) is 10.2. The third-order valence-corrected chi connectivity index (χ3v) is 6.19. The van der Waals surface area contributed by atoms with Crippen molar-refractivity contribution in [1.82, 2.24) is 4.98 Å². The van der Waals surface area contributed by atoms with Gasteiger partial charge in [-0.1, -0.05) is 38.6 Å². The fourth-order valence-corrected chi connectivity index (χ4v) is 4.56. The largest absolute Gasteiger partial charge is 0.366 e. The number of fused-ring (bicyclic) bond motifs is 3. The van der Waals surface area contributed by atoms with Crippen LogP contribution in [0.25, 0.3) is 22.0 Å². The molecule has 0 saturated carbocycles. The van der Waals surface area contributed by atoms with E-state index >= 15 is 0 Å². The van der Waals surface area contributed by atoms with Gasteiger partial charge >= 0.3 is 0 Å². The van der Waals surface area contributed by atoms with Gasteiger partial charge in [0, 0.05) is 16.8 Å². The number of hydrogen-bond acceptors (Lipinski definition) is 2. The Balaban J connectivity index is 1.97. The van der Waals surface area contributed by atoms with E-state index in [-0.39, 0.29) is 11.3 Å². The van der Waals surface area contributed by atoms with E-state index in [1.807, 2.05) is 31.2 Å². The Morgan fingerprint density at radius 2 is 1.97 bits per heavy atom. The lowest BCUT2D eigenvalue weighted by molar-refractivity contribution is -0.111. The highest BCUT2D eigenvalue weighted by molar-refractivity contribution is 6.11. The number of aryl methyl sites for hydroxylation is 1. The number of rotatable bonds is 4. The summed E-state index contributed by atoms with van der Waals surface area (Å²) in [4.78, 5) is 27.5. The second-order valence-corrected chi connectivity index (χ2v) is 8.87. The number of carbonyl (C=O) groups excluding carboxylic acids is 2. The molecule has 1 aliphatic rings. The minimum absolute atomic E-state index is 0.214. The Bertz CT molecular complexity index is 1200. The third-order valence-electron chi connectivity index (χ3n) is 6.19. The van der Waals surface area contributed by atoms with Gasteiger partial charge in [-0.25, -0.2) is 0 Å². The van der Waals surface area contributed by atoms with Crippen LogP contribution in [0.5, 0.6) is 0 Å². The Morgan fingerprint density at radius 1 is 1.20 bits per heavy atom. The number of hydrogen-bond donors (Lipinski definition) is 3. The SMILES string of the molecule is C=CC(=O)Nc1cccc(-c2ccc(C(N)=O)c3[nH]c4c(c23)CCC(C)(C)C4)c1C. The average molecular weight is 402 g/mol. The van der Waals surface area contributed by atoms with Crippen LogP contribution in [-0.2, 0) is 17.6 Å². The molecule has 1 aliphatic carbocycles. The second kappa shape index (κ2) is 7.17. The van der Waals surface area contributed by atoms with E-state index in [4.69, 9.17) is 5.73 Å². The first kappa shape index (κ1) is 20.0. The van der Waals surface area contributed by atoms with E-state index in [1.165, 1.54) is 17.3 Å². The maximum Gasteiger partial charge on any atom is 0.250 e. The number of aromatic nitrogens is 1. The van der Waals surface area contributed by atoms with Gasteiger partial charge in [-0.2, -0.15) is 0 Å². The number of aromatic amines is 1. The monoisotopic (exact) mass is 401 g/mol. The molecule has 4 rings (SSSR count). The highest BCUT2D eigenvalue weighted by Crippen LogP contribution is 2.43. The van der Waals surface area contributed by atoms with Crippen LogP contribution in [-0.4, -0.2) is 16.8 Å². The molecule has 0 atom stereocenters. The number of anilines is 1. The van der Waals surface area contributed by atoms with E-state index in [0.717, 1.165) is 52.5 Å². The van der Waals surface area contributed by atoms with Crippen molar-refractivity contribution in [3.63, 3.8) is 0 Å². The molecule has 1 aromatic heterocycles. The molecule has 154 valence electrons. The molecule has 5 nitrogen and oxygen atoms in total. The summed E-state index contributed by atoms with van der Waals surface area (Å²) >= 11 is 0. The van der Waals surface area contributed by atoms with Gasteiger partial charge < -0.3 is 16.0 Å². The van der Waals surface area contributed by atoms with Crippen molar-refractivity contribution < 1.29 is 9.59 Å². The third kappa shape index (κ3) is 3.30. The van der Waals surface area contributed by atoms with Crippen LogP contribution >= 0.6 is 0 Å². The zero-order chi connectivity index (χ0) is 21.6. The molecular formula is C25H27N3O2. The van der Waals surface area contributed by atoms with Crippen molar-refractivity contribution >= 4 is 28.4 Å². The van der Waals surface area contributed by atoms with Crippen LogP contribution < -0.4 is 11.1 Å². The minimum Gasteiger partial charge on any atom is -0.366 e. The molecule has 2 amide bonds. The first-order chi connectivity index (χ1) is 14.2. The molecule has 0 fully saturated rings. The summed E-state index contributed by atoms with van der Waals surface area (Å²) in [5.74, 6) is -0.682. The molecule has 0 radical (unpaired) electrons. The highest BCUT2D eigenvalue weighted by Gasteiger charge is 2.30. The molecular weight excluding hydrogens is 374 g/mol. The van der Waals surface area contributed by atoms with Crippen LogP contribution in [0.4, 0.5) is 5.69 Å². The number of amides is 2. The summed E-state index contributed by atoms with van der Waals surface area (Å²) < 4.78 is 0. The molecule has 2 aromatic carbocycles. The second-order valence-electron chi connectivity index (χ2n) is 8.87. The standard InChI is InChI=1S/C25H27N3O2/c1-5-21(29)27-19-8-6-7-15(14(19)2)16-9-10-18(24(26)30)23-22(16)17-11-12-25(3,4)13-20(17)28-23/h5-10,28H,1,11-13H2,2-4H3,(H2,26,30)(H,27,29). The van der Waals surface area contributed by atoms with E-state index in [0.29, 0.717) is 5.56 Å². The maximum absolute atomic E-state index is 12.1. The molecule has 0 spiro atoms. The Hall–Kier alpha value is -3.34. The van der Waals surface area contributed by atoms with Gasteiger partial charge in [-0.05, 0) is 72.1 Å². The van der Waals surface area contributed by atoms with Gasteiger partial charge in [0.15, 0.2) is 0 Å². The first-order valence-corrected chi connectivity index (χ1v) is 10.2. The molecule has 4 N–H and O–H groups in total. The fourth-order valence-electron chi connectivity index (χ4n) is 4.56. The normalized spacial score (nSPS) is 14.9. The van der Waals surface area contributed by atoms with E-state index < -0.39 is 5.91 Å². The van der Waals surface area contributed by atoms with E-state index in [2.05, 4.69) is 30.7 Å². The summed E-state index contributed by atoms with van der Waals surface area (Å²) in [5, 5.41) is 3.94. The van der Waals surface area contributed by atoms with Gasteiger partial charge in [0.2, 0.25) is 5.91 Å².